The minimum absolute atomic E-state index is 0.100. The van der Waals surface area contributed by atoms with Crippen LogP contribution in [-0.2, 0) is 4.79 Å². The van der Waals surface area contributed by atoms with E-state index in [0.717, 1.165) is 31.3 Å². The zero-order valence-electron chi connectivity index (χ0n) is 13.4. The number of carbonyl (C=O) groups is 1. The van der Waals surface area contributed by atoms with Gasteiger partial charge in [-0.3, -0.25) is 9.69 Å². The van der Waals surface area contributed by atoms with Crippen LogP contribution >= 0.6 is 23.1 Å². The Morgan fingerprint density at radius 1 is 1.24 bits per heavy atom. The standard InChI is InChI=1S/C16H18F2N4OS2/c17-15(18)25-13-3-1-12(2-4-13)20-14(23)11-21-6-8-22(9-7-21)16-19-5-10-24-16/h1-5,10,15H,6-9,11H2,(H,20,23). The number of rotatable bonds is 6. The van der Waals surface area contributed by atoms with E-state index < -0.39 is 5.76 Å². The maximum Gasteiger partial charge on any atom is 0.288 e. The molecule has 0 bridgehead atoms. The number of hydrogen-bond donors (Lipinski definition) is 1. The Hall–Kier alpha value is -1.71. The second kappa shape index (κ2) is 8.59. The van der Waals surface area contributed by atoms with Gasteiger partial charge in [-0.15, -0.1) is 11.3 Å². The van der Waals surface area contributed by atoms with Crippen molar-refractivity contribution < 1.29 is 13.6 Å². The highest BCUT2D eigenvalue weighted by Gasteiger charge is 2.20. The van der Waals surface area contributed by atoms with Gasteiger partial charge in [-0.05, 0) is 24.3 Å². The quantitative estimate of drug-likeness (QED) is 0.775. The molecule has 0 atom stereocenters. The maximum absolute atomic E-state index is 12.3. The smallest absolute Gasteiger partial charge is 0.288 e. The lowest BCUT2D eigenvalue weighted by molar-refractivity contribution is -0.117. The molecule has 0 spiro atoms. The molecule has 1 saturated heterocycles. The number of benzene rings is 1. The number of amides is 1. The van der Waals surface area contributed by atoms with Crippen molar-refractivity contribution in [1.82, 2.24) is 9.88 Å². The molecule has 1 N–H and O–H groups in total. The number of piperazine rings is 1. The normalized spacial score (nSPS) is 15.6. The van der Waals surface area contributed by atoms with Crippen molar-refractivity contribution in [1.29, 1.82) is 0 Å². The molecule has 0 aliphatic carbocycles. The van der Waals surface area contributed by atoms with E-state index in [-0.39, 0.29) is 5.91 Å². The summed E-state index contributed by atoms with van der Waals surface area (Å²) < 4.78 is 24.6. The fraction of sp³-hybridized carbons (Fsp3) is 0.375. The van der Waals surface area contributed by atoms with Crippen molar-refractivity contribution in [3.63, 3.8) is 0 Å². The highest BCUT2D eigenvalue weighted by molar-refractivity contribution is 7.99. The van der Waals surface area contributed by atoms with Gasteiger partial charge in [0, 0.05) is 48.3 Å². The first kappa shape index (κ1) is 18.1. The Bertz CT molecular complexity index is 674. The fourth-order valence-electron chi connectivity index (χ4n) is 2.59. The van der Waals surface area contributed by atoms with Gasteiger partial charge < -0.3 is 10.2 Å². The first-order valence-electron chi connectivity index (χ1n) is 7.82. The van der Waals surface area contributed by atoms with E-state index in [4.69, 9.17) is 0 Å². The van der Waals surface area contributed by atoms with Gasteiger partial charge in [0.2, 0.25) is 5.91 Å². The number of carbonyl (C=O) groups excluding carboxylic acids is 1. The van der Waals surface area contributed by atoms with Crippen LogP contribution in [0.4, 0.5) is 19.6 Å². The second-order valence-electron chi connectivity index (χ2n) is 5.53. The van der Waals surface area contributed by atoms with Gasteiger partial charge in [0.15, 0.2) is 5.13 Å². The molecular weight excluding hydrogens is 366 g/mol. The molecule has 1 fully saturated rings. The van der Waals surface area contributed by atoms with E-state index in [0.29, 0.717) is 28.9 Å². The van der Waals surface area contributed by atoms with Crippen molar-refractivity contribution in [2.24, 2.45) is 0 Å². The SMILES string of the molecule is O=C(CN1CCN(c2nccs2)CC1)Nc1ccc(SC(F)F)cc1. The van der Waals surface area contributed by atoms with Gasteiger partial charge in [0.25, 0.3) is 5.76 Å². The van der Waals surface area contributed by atoms with E-state index >= 15 is 0 Å². The Kier molecular flexibility index (Phi) is 6.22. The summed E-state index contributed by atoms with van der Waals surface area (Å²) in [6, 6.07) is 6.45. The number of anilines is 2. The molecule has 0 unspecified atom stereocenters. The lowest BCUT2D eigenvalue weighted by atomic mass is 10.3. The number of alkyl halides is 2. The third-order valence-corrected chi connectivity index (χ3v) is 5.35. The van der Waals surface area contributed by atoms with Crippen molar-refractivity contribution in [2.75, 3.05) is 42.9 Å². The lowest BCUT2D eigenvalue weighted by Crippen LogP contribution is -2.48. The number of halogens is 2. The van der Waals surface area contributed by atoms with Crippen molar-refractivity contribution in [2.45, 2.75) is 10.7 Å². The summed E-state index contributed by atoms with van der Waals surface area (Å²) in [6.45, 7) is 3.62. The molecule has 1 amide bonds. The number of thiazole rings is 1. The van der Waals surface area contributed by atoms with Crippen LogP contribution < -0.4 is 10.2 Å². The Morgan fingerprint density at radius 3 is 2.56 bits per heavy atom. The van der Waals surface area contributed by atoms with Gasteiger partial charge in [0.1, 0.15) is 0 Å². The molecule has 25 heavy (non-hydrogen) atoms. The Morgan fingerprint density at radius 2 is 1.96 bits per heavy atom. The van der Waals surface area contributed by atoms with Gasteiger partial charge in [-0.1, -0.05) is 11.8 Å². The monoisotopic (exact) mass is 384 g/mol. The summed E-state index contributed by atoms with van der Waals surface area (Å²) in [7, 11) is 0. The number of thioether (sulfide) groups is 1. The van der Waals surface area contributed by atoms with Crippen LogP contribution in [0.5, 0.6) is 0 Å². The van der Waals surface area contributed by atoms with Crippen LogP contribution in [0.3, 0.4) is 0 Å². The van der Waals surface area contributed by atoms with Crippen LogP contribution in [0, 0.1) is 0 Å². The molecule has 1 aromatic carbocycles. The Balaban J connectivity index is 1.44. The van der Waals surface area contributed by atoms with E-state index in [1.165, 1.54) is 0 Å². The van der Waals surface area contributed by atoms with E-state index in [9.17, 15) is 13.6 Å². The molecule has 1 aliphatic rings. The minimum atomic E-state index is -2.44. The molecule has 2 aromatic rings. The predicted octanol–water partition coefficient (Wildman–Crippen LogP) is 3.22. The number of nitrogens with zero attached hydrogens (tertiary/aromatic N) is 3. The first-order valence-corrected chi connectivity index (χ1v) is 9.57. The summed E-state index contributed by atoms with van der Waals surface area (Å²) in [4.78, 5) is 21.3. The highest BCUT2D eigenvalue weighted by atomic mass is 32.2. The third kappa shape index (κ3) is 5.38. The number of hydrogen-bond acceptors (Lipinski definition) is 6. The van der Waals surface area contributed by atoms with Gasteiger partial charge in [0.05, 0.1) is 6.54 Å². The topological polar surface area (TPSA) is 48.5 Å². The molecular formula is C16H18F2N4OS2. The predicted molar refractivity (Wildman–Crippen MR) is 97.7 cm³/mol. The average Bonchev–Trinajstić information content (AvgIpc) is 3.11. The lowest BCUT2D eigenvalue weighted by Gasteiger charge is -2.34. The van der Waals surface area contributed by atoms with Crippen LogP contribution in [0.1, 0.15) is 0 Å². The maximum atomic E-state index is 12.3. The summed E-state index contributed by atoms with van der Waals surface area (Å²) in [5.41, 5.74) is 0.616. The number of aromatic nitrogens is 1. The van der Waals surface area contributed by atoms with Crippen LogP contribution in [0.15, 0.2) is 40.7 Å². The van der Waals surface area contributed by atoms with Crippen LogP contribution in [-0.4, -0.2) is 54.3 Å². The molecule has 2 heterocycles. The second-order valence-corrected chi connectivity index (χ2v) is 7.47. The van der Waals surface area contributed by atoms with Crippen LogP contribution in [0.2, 0.25) is 0 Å². The van der Waals surface area contributed by atoms with Crippen molar-refractivity contribution in [3.05, 3.63) is 35.8 Å². The third-order valence-electron chi connectivity index (χ3n) is 3.79. The summed E-state index contributed by atoms with van der Waals surface area (Å²) in [5, 5.41) is 5.79. The number of nitrogens with one attached hydrogen (secondary N) is 1. The molecule has 9 heteroatoms. The molecule has 0 radical (unpaired) electrons. The minimum Gasteiger partial charge on any atom is -0.346 e. The average molecular weight is 384 g/mol. The van der Waals surface area contributed by atoms with E-state index in [1.807, 2.05) is 5.38 Å². The largest absolute Gasteiger partial charge is 0.346 e. The van der Waals surface area contributed by atoms with E-state index in [2.05, 4.69) is 20.1 Å². The molecule has 3 rings (SSSR count). The van der Waals surface area contributed by atoms with Gasteiger partial charge in [-0.25, -0.2) is 4.98 Å². The van der Waals surface area contributed by atoms with Crippen molar-refractivity contribution in [3.8, 4) is 0 Å². The summed E-state index contributed by atoms with van der Waals surface area (Å²) >= 11 is 2.11. The Labute approximate surface area is 153 Å². The van der Waals surface area contributed by atoms with Crippen molar-refractivity contribution >= 4 is 39.8 Å². The van der Waals surface area contributed by atoms with E-state index in [1.54, 1.807) is 41.8 Å². The summed E-state index contributed by atoms with van der Waals surface area (Å²) in [5.74, 6) is -2.54. The zero-order chi connectivity index (χ0) is 17.6. The molecule has 1 aliphatic heterocycles. The molecule has 1 aromatic heterocycles. The zero-order valence-corrected chi connectivity index (χ0v) is 15.0. The fourth-order valence-corrected chi connectivity index (χ4v) is 3.79. The molecule has 0 saturated carbocycles. The highest BCUT2D eigenvalue weighted by Crippen LogP contribution is 2.26. The molecule has 5 nitrogen and oxygen atoms in total. The van der Waals surface area contributed by atoms with Gasteiger partial charge in [-0.2, -0.15) is 8.78 Å². The van der Waals surface area contributed by atoms with Gasteiger partial charge >= 0.3 is 0 Å². The molecule has 134 valence electrons. The summed E-state index contributed by atoms with van der Waals surface area (Å²) in [6.07, 6.45) is 1.80. The van der Waals surface area contributed by atoms with Crippen LogP contribution in [0.25, 0.3) is 0 Å². The first-order chi connectivity index (χ1) is 12.1.